The summed E-state index contributed by atoms with van der Waals surface area (Å²) in [7, 11) is 0. The molecule has 0 unspecified atom stereocenters. The van der Waals surface area contributed by atoms with E-state index in [1.165, 1.54) is 12.1 Å². The number of alkyl halides is 3. The van der Waals surface area contributed by atoms with Gasteiger partial charge in [-0.1, -0.05) is 28.1 Å². The lowest BCUT2D eigenvalue weighted by Gasteiger charge is -2.36. The van der Waals surface area contributed by atoms with Crippen LogP contribution < -0.4 is 10.2 Å². The van der Waals surface area contributed by atoms with Gasteiger partial charge in [-0.25, -0.2) is 19.2 Å². The van der Waals surface area contributed by atoms with Crippen molar-refractivity contribution in [3.8, 4) is 0 Å². The number of anilines is 2. The molecule has 2 aromatic carbocycles. The zero-order valence-electron chi connectivity index (χ0n) is 19.3. The van der Waals surface area contributed by atoms with Crippen molar-refractivity contribution in [2.24, 2.45) is 0 Å². The molecule has 5 rings (SSSR count). The molecule has 37 heavy (non-hydrogen) atoms. The topological polar surface area (TPSA) is 98.7 Å². The molecule has 8 nitrogen and oxygen atoms in total. The van der Waals surface area contributed by atoms with E-state index in [1.54, 1.807) is 11.0 Å². The number of hydrogen-bond acceptors (Lipinski definition) is 6. The van der Waals surface area contributed by atoms with Crippen LogP contribution in [0.15, 0.2) is 46.9 Å². The number of aromatic nitrogens is 2. The van der Waals surface area contributed by atoms with E-state index in [0.717, 1.165) is 35.5 Å². The van der Waals surface area contributed by atoms with Gasteiger partial charge in [-0.3, -0.25) is 4.79 Å². The predicted molar refractivity (Wildman–Crippen MR) is 132 cm³/mol. The van der Waals surface area contributed by atoms with Crippen LogP contribution in [0.3, 0.4) is 0 Å². The quantitative estimate of drug-likeness (QED) is 0.429. The number of nitrogens with zero attached hydrogens (tertiary/aromatic N) is 4. The number of carbonyl (C=O) groups is 2. The van der Waals surface area contributed by atoms with E-state index in [9.17, 15) is 22.4 Å². The summed E-state index contributed by atoms with van der Waals surface area (Å²) >= 11 is 3.23. The molecule has 1 saturated heterocycles. The molecule has 0 spiro atoms. The number of benzene rings is 2. The molecule has 2 fully saturated rings. The Kier molecular flexibility index (Phi) is 7.81. The van der Waals surface area contributed by atoms with Crippen molar-refractivity contribution in [3.05, 3.63) is 58.3 Å². The van der Waals surface area contributed by atoms with E-state index in [4.69, 9.17) is 19.9 Å². The van der Waals surface area contributed by atoms with Crippen LogP contribution in [0.2, 0.25) is 0 Å². The van der Waals surface area contributed by atoms with Gasteiger partial charge in [0.1, 0.15) is 5.82 Å². The van der Waals surface area contributed by atoms with Gasteiger partial charge in [0.15, 0.2) is 11.6 Å². The molecule has 0 atom stereocenters. The molecule has 1 saturated carbocycles. The minimum Gasteiger partial charge on any atom is -0.475 e. The lowest BCUT2D eigenvalue weighted by Crippen LogP contribution is -2.49. The van der Waals surface area contributed by atoms with Gasteiger partial charge in [-0.05, 0) is 43.2 Å². The first-order valence-corrected chi connectivity index (χ1v) is 12.1. The third-order valence-corrected chi connectivity index (χ3v) is 6.23. The smallest absolute Gasteiger partial charge is 0.475 e. The summed E-state index contributed by atoms with van der Waals surface area (Å²) in [4.78, 5) is 35.2. The van der Waals surface area contributed by atoms with Gasteiger partial charge in [-0.2, -0.15) is 13.2 Å². The molecule has 1 amide bonds. The van der Waals surface area contributed by atoms with Gasteiger partial charge in [0.2, 0.25) is 0 Å². The number of amides is 1. The summed E-state index contributed by atoms with van der Waals surface area (Å²) in [5, 5.41) is 10.6. The Hall–Kier alpha value is -3.48. The van der Waals surface area contributed by atoms with Gasteiger partial charge < -0.3 is 20.2 Å². The highest BCUT2D eigenvalue weighted by molar-refractivity contribution is 9.10. The fourth-order valence-corrected chi connectivity index (χ4v) is 4.02. The van der Waals surface area contributed by atoms with Crippen LogP contribution in [0.1, 0.15) is 23.2 Å². The van der Waals surface area contributed by atoms with Gasteiger partial charge in [-0.15, -0.1) is 0 Å². The van der Waals surface area contributed by atoms with Crippen molar-refractivity contribution >= 4 is 50.5 Å². The zero-order chi connectivity index (χ0) is 26.7. The first kappa shape index (κ1) is 26.6. The number of carboxylic acid groups (broad SMARTS) is 1. The Morgan fingerprint density at radius 3 is 2.14 bits per heavy atom. The highest BCUT2D eigenvalue weighted by atomic mass is 79.9. The van der Waals surface area contributed by atoms with E-state index < -0.39 is 18.0 Å². The van der Waals surface area contributed by atoms with Crippen LogP contribution in [0.5, 0.6) is 0 Å². The minimum atomic E-state index is -5.08. The van der Waals surface area contributed by atoms with Crippen LogP contribution in [-0.2, 0) is 4.79 Å². The summed E-state index contributed by atoms with van der Waals surface area (Å²) in [6.45, 7) is 2.25. The molecule has 0 radical (unpaired) electrons. The van der Waals surface area contributed by atoms with Gasteiger partial charge in [0.05, 0.1) is 16.6 Å². The number of para-hydroxylation sites is 2. The van der Waals surface area contributed by atoms with Crippen molar-refractivity contribution in [3.63, 3.8) is 0 Å². The molecule has 13 heteroatoms. The summed E-state index contributed by atoms with van der Waals surface area (Å²) in [5.41, 5.74) is 1.82. The van der Waals surface area contributed by atoms with Crippen molar-refractivity contribution < 1.29 is 32.3 Å². The van der Waals surface area contributed by atoms with Crippen LogP contribution in [0.25, 0.3) is 11.0 Å². The normalized spacial score (nSPS) is 15.7. The highest BCUT2D eigenvalue weighted by Gasteiger charge is 2.38. The largest absolute Gasteiger partial charge is 0.490 e. The fraction of sp³-hybridized carbons (Fsp3) is 0.333. The van der Waals surface area contributed by atoms with E-state index in [2.05, 4.69) is 26.1 Å². The standard InChI is InChI=1S/C22H21BrFN5O.C2HF3O2/c23-14-5-8-16(17(24)13-14)22(30)29-11-9-28(10-12-29)21-20(25-15-6-7-15)26-18-3-1-2-4-19(18)27-21;3-2(4,5)1(6)7/h1-5,8,13,15H,6-7,9-12H2,(H,25,26);(H,6,7). The Labute approximate surface area is 217 Å². The predicted octanol–water partition coefficient (Wildman–Crippen LogP) is 4.70. The maximum absolute atomic E-state index is 14.2. The maximum Gasteiger partial charge on any atom is 0.490 e. The second-order valence-corrected chi connectivity index (χ2v) is 9.43. The number of hydrogen-bond donors (Lipinski definition) is 2. The summed E-state index contributed by atoms with van der Waals surface area (Å²) < 4.78 is 46.6. The number of carboxylic acids is 1. The van der Waals surface area contributed by atoms with Gasteiger partial charge in [0.25, 0.3) is 5.91 Å². The van der Waals surface area contributed by atoms with Crippen LogP contribution in [0.4, 0.5) is 29.2 Å². The molecule has 2 N–H and O–H groups in total. The molecule has 196 valence electrons. The lowest BCUT2D eigenvalue weighted by molar-refractivity contribution is -0.192. The third kappa shape index (κ3) is 6.64. The monoisotopic (exact) mass is 583 g/mol. The lowest BCUT2D eigenvalue weighted by atomic mass is 10.1. The number of rotatable bonds is 4. The Morgan fingerprint density at radius 2 is 1.59 bits per heavy atom. The average molecular weight is 584 g/mol. The molecule has 2 aliphatic rings. The highest BCUT2D eigenvalue weighted by Crippen LogP contribution is 2.31. The number of fused-ring (bicyclic) bond motifs is 1. The molecular formula is C24H22BrF4N5O3. The van der Waals surface area contributed by atoms with Crippen LogP contribution >= 0.6 is 15.9 Å². The third-order valence-electron chi connectivity index (χ3n) is 5.74. The van der Waals surface area contributed by atoms with E-state index >= 15 is 0 Å². The first-order valence-electron chi connectivity index (χ1n) is 11.4. The first-order chi connectivity index (χ1) is 17.5. The molecule has 0 bridgehead atoms. The van der Waals surface area contributed by atoms with Crippen molar-refractivity contribution in [1.29, 1.82) is 0 Å². The SMILES string of the molecule is O=C(O)C(F)(F)F.O=C(c1ccc(Br)cc1F)N1CCN(c2nc3ccccc3nc2NC2CC2)CC1. The Bertz CT molecular complexity index is 1310. The zero-order valence-corrected chi connectivity index (χ0v) is 20.9. The number of nitrogens with one attached hydrogen (secondary N) is 1. The Balaban J connectivity index is 0.000000405. The molecule has 1 aliphatic heterocycles. The van der Waals surface area contributed by atoms with E-state index in [-0.39, 0.29) is 11.5 Å². The summed E-state index contributed by atoms with van der Waals surface area (Å²) in [6, 6.07) is 12.8. The second kappa shape index (κ2) is 10.9. The average Bonchev–Trinajstić information content (AvgIpc) is 3.67. The second-order valence-electron chi connectivity index (χ2n) is 8.51. The van der Waals surface area contributed by atoms with Crippen LogP contribution in [-0.4, -0.2) is 70.2 Å². The van der Waals surface area contributed by atoms with Crippen molar-refractivity contribution in [2.75, 3.05) is 36.4 Å². The number of piperazine rings is 1. The minimum absolute atomic E-state index is 0.105. The number of aliphatic carboxylic acids is 1. The van der Waals surface area contributed by atoms with E-state index in [1.807, 2.05) is 24.3 Å². The molecule has 1 aromatic heterocycles. The van der Waals surface area contributed by atoms with E-state index in [0.29, 0.717) is 36.7 Å². The van der Waals surface area contributed by atoms with Crippen LogP contribution in [0, 0.1) is 5.82 Å². The molecule has 1 aliphatic carbocycles. The molecule has 2 heterocycles. The summed E-state index contributed by atoms with van der Waals surface area (Å²) in [5.74, 6) is -1.92. The fourth-order valence-electron chi connectivity index (χ4n) is 3.68. The Morgan fingerprint density at radius 1 is 1.00 bits per heavy atom. The summed E-state index contributed by atoms with van der Waals surface area (Å²) in [6.07, 6.45) is -2.79. The number of carbonyl (C=O) groups excluding carboxylic acids is 1. The maximum atomic E-state index is 14.2. The number of halogens is 5. The van der Waals surface area contributed by atoms with Gasteiger partial charge in [0, 0.05) is 36.7 Å². The van der Waals surface area contributed by atoms with Gasteiger partial charge >= 0.3 is 12.1 Å². The van der Waals surface area contributed by atoms with Crippen molar-refractivity contribution in [2.45, 2.75) is 25.1 Å². The van der Waals surface area contributed by atoms with Crippen molar-refractivity contribution in [1.82, 2.24) is 14.9 Å². The molecule has 3 aromatic rings. The molecular weight excluding hydrogens is 562 g/mol.